The summed E-state index contributed by atoms with van der Waals surface area (Å²) in [5, 5.41) is 0. The monoisotopic (exact) mass is 335 g/mol. The predicted octanol–water partition coefficient (Wildman–Crippen LogP) is 5.82. The van der Waals surface area contributed by atoms with E-state index in [1.165, 1.54) is 37.3 Å². The van der Waals surface area contributed by atoms with E-state index in [2.05, 4.69) is 13.5 Å². The maximum atomic E-state index is 13.7. The Labute approximate surface area is 145 Å². The average molecular weight is 335 g/mol. The number of hydrogen-bond donors (Lipinski definition) is 1. The molecule has 0 aromatic heterocycles. The molecule has 0 spiro atoms. The summed E-state index contributed by atoms with van der Waals surface area (Å²) in [7, 11) is 0. The van der Waals surface area contributed by atoms with Gasteiger partial charge < -0.3 is 5.73 Å². The van der Waals surface area contributed by atoms with Crippen LogP contribution in [0.5, 0.6) is 0 Å². The van der Waals surface area contributed by atoms with Gasteiger partial charge in [0.05, 0.1) is 0 Å². The lowest BCUT2D eigenvalue weighted by Crippen LogP contribution is -2.37. The van der Waals surface area contributed by atoms with Crippen LogP contribution in [0.25, 0.3) is 0 Å². The van der Waals surface area contributed by atoms with Crippen LogP contribution in [0.4, 0.5) is 8.78 Å². The first kappa shape index (κ1) is 19.1. The Morgan fingerprint density at radius 2 is 2.00 bits per heavy atom. The minimum Gasteiger partial charge on any atom is -0.325 e. The minimum absolute atomic E-state index is 0.0181. The van der Waals surface area contributed by atoms with Crippen molar-refractivity contribution >= 4 is 0 Å². The van der Waals surface area contributed by atoms with E-state index in [0.29, 0.717) is 18.4 Å². The smallest absolute Gasteiger partial charge is 0.126 e. The van der Waals surface area contributed by atoms with Gasteiger partial charge in [-0.2, -0.15) is 0 Å². The number of alkyl halides is 1. The van der Waals surface area contributed by atoms with Crippen LogP contribution in [-0.2, 0) is 0 Å². The highest BCUT2D eigenvalue weighted by Crippen LogP contribution is 2.35. The molecule has 2 N–H and O–H groups in total. The average Bonchev–Trinajstić information content (AvgIpc) is 2.97. The van der Waals surface area contributed by atoms with Crippen LogP contribution in [0, 0.1) is 18.7 Å². The fourth-order valence-electron chi connectivity index (χ4n) is 3.75. The quantitative estimate of drug-likeness (QED) is 0.677. The summed E-state index contributed by atoms with van der Waals surface area (Å²) in [6, 6.07) is 4.79. The third kappa shape index (κ3) is 5.14. The fraction of sp³-hybridized carbons (Fsp3) is 0.619. The Bertz CT molecular complexity index is 555. The molecule has 3 heteroatoms. The van der Waals surface area contributed by atoms with Crippen molar-refractivity contribution in [3.05, 3.63) is 47.3 Å². The third-order valence-corrected chi connectivity index (χ3v) is 5.48. The molecule has 24 heavy (non-hydrogen) atoms. The van der Waals surface area contributed by atoms with Gasteiger partial charge in [-0.1, -0.05) is 37.6 Å². The van der Waals surface area contributed by atoms with Gasteiger partial charge in [0.2, 0.25) is 0 Å². The second-order valence-corrected chi connectivity index (χ2v) is 7.48. The highest BCUT2D eigenvalue weighted by Gasteiger charge is 2.30. The number of aryl methyl sites for hydroxylation is 1. The van der Waals surface area contributed by atoms with Crippen LogP contribution in [-0.4, -0.2) is 12.2 Å². The normalized spacial score (nSPS) is 30.0. The molecule has 0 aliphatic heterocycles. The fourth-order valence-corrected chi connectivity index (χ4v) is 3.75. The van der Waals surface area contributed by atoms with Crippen LogP contribution in [0.2, 0.25) is 0 Å². The van der Waals surface area contributed by atoms with Crippen molar-refractivity contribution in [1.82, 2.24) is 0 Å². The van der Waals surface area contributed by atoms with Gasteiger partial charge in [0.25, 0.3) is 0 Å². The first-order valence-corrected chi connectivity index (χ1v) is 9.23. The molecule has 0 saturated heterocycles. The topological polar surface area (TPSA) is 26.0 Å². The standard InChI is InChI=1S/C13H17F2N.C8H14/c1-8-2-4-10(11(14)6-8)9-3-5-13(16)12(15)7-9;1-3-8-5-4-7(2)6-8/h2,4,6,9,12-13H,3,5,7,16H2,1H3;8H,2-6H2,1H3. The maximum absolute atomic E-state index is 13.7. The predicted molar refractivity (Wildman–Crippen MR) is 97.4 cm³/mol. The van der Waals surface area contributed by atoms with Gasteiger partial charge >= 0.3 is 0 Å². The molecule has 2 saturated carbocycles. The van der Waals surface area contributed by atoms with Crippen LogP contribution in [0.1, 0.15) is 68.9 Å². The Balaban J connectivity index is 0.000000219. The molecule has 0 radical (unpaired) electrons. The molecule has 1 aromatic rings. The first-order valence-electron chi connectivity index (χ1n) is 9.23. The van der Waals surface area contributed by atoms with Gasteiger partial charge in [-0.15, -0.1) is 0 Å². The number of nitrogens with two attached hydrogens (primary N) is 1. The van der Waals surface area contributed by atoms with Gasteiger partial charge in [0, 0.05) is 6.04 Å². The maximum Gasteiger partial charge on any atom is 0.126 e. The molecular weight excluding hydrogens is 304 g/mol. The van der Waals surface area contributed by atoms with Crippen LogP contribution in [0.3, 0.4) is 0 Å². The molecule has 0 amide bonds. The Kier molecular flexibility index (Phi) is 6.97. The molecule has 134 valence electrons. The van der Waals surface area contributed by atoms with Crippen molar-refractivity contribution in [1.29, 1.82) is 0 Å². The van der Waals surface area contributed by atoms with E-state index in [1.54, 1.807) is 6.07 Å². The van der Waals surface area contributed by atoms with E-state index < -0.39 is 6.17 Å². The molecule has 0 heterocycles. The van der Waals surface area contributed by atoms with Crippen molar-refractivity contribution in [2.24, 2.45) is 11.7 Å². The number of allylic oxidation sites excluding steroid dienone is 1. The third-order valence-electron chi connectivity index (χ3n) is 5.48. The van der Waals surface area contributed by atoms with Crippen LogP contribution in [0.15, 0.2) is 30.4 Å². The first-order chi connectivity index (χ1) is 11.4. The summed E-state index contributed by atoms with van der Waals surface area (Å²) >= 11 is 0. The zero-order valence-corrected chi connectivity index (χ0v) is 15.0. The summed E-state index contributed by atoms with van der Waals surface area (Å²) < 4.78 is 27.2. The SMILES string of the molecule is C=C1CCC(CC)C1.Cc1ccc(C2CCC(N)C(F)C2)c(F)c1. The number of halogens is 2. The molecule has 2 aliphatic rings. The zero-order valence-electron chi connectivity index (χ0n) is 15.0. The molecule has 4 unspecified atom stereocenters. The summed E-state index contributed by atoms with van der Waals surface area (Å²) in [6.45, 7) is 8.07. The minimum atomic E-state index is -1.00. The Hall–Kier alpha value is -1.22. The van der Waals surface area contributed by atoms with Gasteiger partial charge in [-0.25, -0.2) is 8.78 Å². The van der Waals surface area contributed by atoms with Crippen molar-refractivity contribution in [3.8, 4) is 0 Å². The number of rotatable bonds is 2. The lowest BCUT2D eigenvalue weighted by molar-refractivity contribution is 0.199. The highest BCUT2D eigenvalue weighted by molar-refractivity contribution is 5.27. The van der Waals surface area contributed by atoms with E-state index in [-0.39, 0.29) is 17.8 Å². The highest BCUT2D eigenvalue weighted by atomic mass is 19.1. The van der Waals surface area contributed by atoms with E-state index in [9.17, 15) is 8.78 Å². The Morgan fingerprint density at radius 3 is 2.50 bits per heavy atom. The molecule has 1 aromatic carbocycles. The summed E-state index contributed by atoms with van der Waals surface area (Å²) in [5.74, 6) is 0.741. The van der Waals surface area contributed by atoms with Gasteiger partial charge in [-0.05, 0) is 74.5 Å². The van der Waals surface area contributed by atoms with Gasteiger partial charge in [0.15, 0.2) is 0 Å². The molecule has 2 fully saturated rings. The van der Waals surface area contributed by atoms with Crippen molar-refractivity contribution in [3.63, 3.8) is 0 Å². The lowest BCUT2D eigenvalue weighted by atomic mass is 9.80. The second-order valence-electron chi connectivity index (χ2n) is 7.48. The van der Waals surface area contributed by atoms with Gasteiger partial charge in [0.1, 0.15) is 12.0 Å². The van der Waals surface area contributed by atoms with Crippen LogP contribution < -0.4 is 5.73 Å². The van der Waals surface area contributed by atoms with E-state index in [1.807, 2.05) is 13.0 Å². The molecule has 4 atom stereocenters. The van der Waals surface area contributed by atoms with E-state index >= 15 is 0 Å². The molecule has 0 bridgehead atoms. The summed E-state index contributed by atoms with van der Waals surface area (Å²) in [5.41, 5.74) is 8.61. The summed E-state index contributed by atoms with van der Waals surface area (Å²) in [6.07, 6.45) is 6.10. The van der Waals surface area contributed by atoms with Crippen molar-refractivity contribution in [2.75, 3.05) is 0 Å². The van der Waals surface area contributed by atoms with Crippen LogP contribution >= 0.6 is 0 Å². The molecular formula is C21H31F2N. The lowest BCUT2D eigenvalue weighted by Gasteiger charge is -2.29. The molecule has 1 nitrogen and oxygen atoms in total. The number of benzene rings is 1. The number of hydrogen-bond acceptors (Lipinski definition) is 1. The van der Waals surface area contributed by atoms with Crippen molar-refractivity contribution < 1.29 is 8.78 Å². The van der Waals surface area contributed by atoms with E-state index in [0.717, 1.165) is 17.9 Å². The van der Waals surface area contributed by atoms with Crippen molar-refractivity contribution in [2.45, 2.75) is 76.9 Å². The Morgan fingerprint density at radius 1 is 1.25 bits per heavy atom. The second kappa shape index (κ2) is 8.75. The van der Waals surface area contributed by atoms with Gasteiger partial charge in [-0.3, -0.25) is 0 Å². The summed E-state index contributed by atoms with van der Waals surface area (Å²) in [4.78, 5) is 0. The molecule has 3 rings (SSSR count). The zero-order chi connectivity index (χ0) is 17.7. The van der Waals surface area contributed by atoms with E-state index in [4.69, 9.17) is 5.73 Å². The largest absolute Gasteiger partial charge is 0.325 e. The molecule has 2 aliphatic carbocycles.